The third kappa shape index (κ3) is 4.63. The number of benzene rings is 2. The van der Waals surface area contributed by atoms with Crippen molar-refractivity contribution in [1.82, 2.24) is 10.1 Å². The molecule has 1 heterocycles. The number of methoxy groups -OCH3 is 1. The fourth-order valence-electron chi connectivity index (χ4n) is 2.27. The van der Waals surface area contributed by atoms with Gasteiger partial charge in [0, 0.05) is 11.3 Å². The van der Waals surface area contributed by atoms with Gasteiger partial charge in [-0.25, -0.2) is 0 Å². The Hall–Kier alpha value is -3.36. The molecular formula is C18H14F3N3O3. The van der Waals surface area contributed by atoms with Crippen molar-refractivity contribution in [3.05, 3.63) is 60.0 Å². The van der Waals surface area contributed by atoms with Gasteiger partial charge in [0.05, 0.1) is 12.7 Å². The van der Waals surface area contributed by atoms with Crippen molar-refractivity contribution < 1.29 is 27.2 Å². The minimum absolute atomic E-state index is 0.0882. The fraction of sp³-hybridized carbons (Fsp3) is 0.167. The molecule has 0 aliphatic heterocycles. The van der Waals surface area contributed by atoms with Crippen LogP contribution in [0.4, 0.5) is 18.9 Å². The highest BCUT2D eigenvalue weighted by atomic mass is 19.4. The first-order valence-electron chi connectivity index (χ1n) is 7.79. The number of hydrogen-bond acceptors (Lipinski definition) is 5. The van der Waals surface area contributed by atoms with Crippen molar-refractivity contribution in [1.29, 1.82) is 0 Å². The molecule has 140 valence electrons. The van der Waals surface area contributed by atoms with E-state index in [4.69, 9.17) is 9.26 Å². The van der Waals surface area contributed by atoms with E-state index in [2.05, 4.69) is 15.5 Å². The fourth-order valence-corrected chi connectivity index (χ4v) is 2.27. The van der Waals surface area contributed by atoms with E-state index in [1.165, 1.54) is 12.1 Å². The zero-order valence-corrected chi connectivity index (χ0v) is 14.1. The third-order valence-electron chi connectivity index (χ3n) is 3.62. The van der Waals surface area contributed by atoms with Crippen LogP contribution < -0.4 is 10.1 Å². The summed E-state index contributed by atoms with van der Waals surface area (Å²) < 4.78 is 47.7. The minimum Gasteiger partial charge on any atom is -0.497 e. The molecule has 9 heteroatoms. The molecule has 0 saturated heterocycles. The second kappa shape index (κ2) is 7.48. The van der Waals surface area contributed by atoms with Crippen molar-refractivity contribution in [2.24, 2.45) is 0 Å². The number of alkyl halides is 3. The number of anilines is 1. The number of carbonyl (C=O) groups is 1. The van der Waals surface area contributed by atoms with E-state index in [0.717, 1.165) is 12.1 Å². The SMILES string of the molecule is COc1ccc(-c2noc(CC(=O)Nc3ccc(C(F)(F)F)cc3)n2)cc1. The Balaban J connectivity index is 1.62. The normalized spacial score (nSPS) is 11.3. The molecule has 1 amide bonds. The average molecular weight is 377 g/mol. The van der Waals surface area contributed by atoms with Gasteiger partial charge in [-0.1, -0.05) is 5.16 Å². The van der Waals surface area contributed by atoms with Crippen LogP contribution in [0.1, 0.15) is 11.5 Å². The lowest BCUT2D eigenvalue weighted by molar-refractivity contribution is -0.137. The Morgan fingerprint density at radius 3 is 2.37 bits per heavy atom. The van der Waals surface area contributed by atoms with Crippen LogP contribution in [-0.2, 0) is 17.4 Å². The predicted molar refractivity (Wildman–Crippen MR) is 90.1 cm³/mol. The highest BCUT2D eigenvalue weighted by molar-refractivity contribution is 5.91. The van der Waals surface area contributed by atoms with Gasteiger partial charge in [-0.15, -0.1) is 0 Å². The predicted octanol–water partition coefficient (Wildman–Crippen LogP) is 3.95. The molecule has 0 unspecified atom stereocenters. The van der Waals surface area contributed by atoms with Crippen molar-refractivity contribution in [3.8, 4) is 17.1 Å². The topological polar surface area (TPSA) is 77.2 Å². The van der Waals surface area contributed by atoms with Gasteiger partial charge < -0.3 is 14.6 Å². The number of hydrogen-bond donors (Lipinski definition) is 1. The van der Waals surface area contributed by atoms with E-state index < -0.39 is 17.6 Å². The van der Waals surface area contributed by atoms with Crippen LogP contribution >= 0.6 is 0 Å². The van der Waals surface area contributed by atoms with Crippen LogP contribution in [0, 0.1) is 0 Å². The standard InChI is InChI=1S/C18H14F3N3O3/c1-26-14-8-2-11(3-9-14)17-23-16(27-24-17)10-15(25)22-13-6-4-12(5-7-13)18(19,20)21/h2-9H,10H2,1H3,(H,22,25). The summed E-state index contributed by atoms with van der Waals surface area (Å²) >= 11 is 0. The average Bonchev–Trinajstić information content (AvgIpc) is 3.09. The van der Waals surface area contributed by atoms with Crippen molar-refractivity contribution in [3.63, 3.8) is 0 Å². The van der Waals surface area contributed by atoms with Crippen LogP contribution in [0.15, 0.2) is 53.1 Å². The first-order chi connectivity index (χ1) is 12.8. The maximum Gasteiger partial charge on any atom is 0.416 e. The number of halogens is 3. The third-order valence-corrected chi connectivity index (χ3v) is 3.62. The summed E-state index contributed by atoms with van der Waals surface area (Å²) in [4.78, 5) is 16.2. The molecule has 2 aromatic carbocycles. The molecule has 0 bridgehead atoms. The largest absolute Gasteiger partial charge is 0.497 e. The number of amides is 1. The molecule has 6 nitrogen and oxygen atoms in total. The van der Waals surface area contributed by atoms with Crippen LogP contribution in [0.3, 0.4) is 0 Å². The Bertz CT molecular complexity index is 920. The van der Waals surface area contributed by atoms with Gasteiger partial charge in [-0.2, -0.15) is 18.2 Å². The molecule has 3 rings (SSSR count). The molecular weight excluding hydrogens is 363 g/mol. The van der Waals surface area contributed by atoms with Crippen LogP contribution in [0.2, 0.25) is 0 Å². The summed E-state index contributed by atoms with van der Waals surface area (Å²) in [6.07, 6.45) is -4.63. The van der Waals surface area contributed by atoms with E-state index in [0.29, 0.717) is 17.1 Å². The molecule has 1 N–H and O–H groups in total. The van der Waals surface area contributed by atoms with Crippen LogP contribution in [0.5, 0.6) is 5.75 Å². The summed E-state index contributed by atoms with van der Waals surface area (Å²) in [6.45, 7) is 0. The second-order valence-corrected chi connectivity index (χ2v) is 5.54. The Kier molecular flexibility index (Phi) is 5.11. The van der Waals surface area contributed by atoms with E-state index in [1.54, 1.807) is 31.4 Å². The molecule has 1 aromatic heterocycles. The molecule has 0 fully saturated rings. The van der Waals surface area contributed by atoms with E-state index in [1.807, 2.05) is 0 Å². The summed E-state index contributed by atoms with van der Waals surface area (Å²) in [6, 6.07) is 11.1. The van der Waals surface area contributed by atoms with Crippen molar-refractivity contribution in [2.45, 2.75) is 12.6 Å². The van der Waals surface area contributed by atoms with Crippen LogP contribution in [-0.4, -0.2) is 23.2 Å². The molecule has 0 aliphatic carbocycles. The van der Waals surface area contributed by atoms with Gasteiger partial charge in [-0.05, 0) is 48.5 Å². The lowest BCUT2D eigenvalue weighted by Gasteiger charge is -2.08. The number of nitrogens with one attached hydrogen (secondary N) is 1. The summed E-state index contributed by atoms with van der Waals surface area (Å²) in [5.74, 6) is 0.596. The van der Waals surface area contributed by atoms with Gasteiger partial charge in [0.15, 0.2) is 0 Å². The number of aromatic nitrogens is 2. The number of rotatable bonds is 5. The molecule has 27 heavy (non-hydrogen) atoms. The Labute approximate surface area is 152 Å². The quantitative estimate of drug-likeness (QED) is 0.729. The highest BCUT2D eigenvalue weighted by Crippen LogP contribution is 2.29. The van der Waals surface area contributed by atoms with Gasteiger partial charge in [0.25, 0.3) is 0 Å². The van der Waals surface area contributed by atoms with Gasteiger partial charge in [-0.3, -0.25) is 4.79 Å². The number of carbonyl (C=O) groups excluding carboxylic acids is 1. The van der Waals surface area contributed by atoms with Crippen molar-refractivity contribution >= 4 is 11.6 Å². The summed E-state index contributed by atoms with van der Waals surface area (Å²) in [5, 5.41) is 6.29. The smallest absolute Gasteiger partial charge is 0.416 e. The maximum atomic E-state index is 12.5. The van der Waals surface area contributed by atoms with Crippen molar-refractivity contribution in [2.75, 3.05) is 12.4 Å². The van der Waals surface area contributed by atoms with E-state index in [-0.39, 0.29) is 18.0 Å². The number of nitrogens with zero attached hydrogens (tertiary/aromatic N) is 2. The molecule has 0 saturated carbocycles. The molecule has 3 aromatic rings. The highest BCUT2D eigenvalue weighted by Gasteiger charge is 2.30. The van der Waals surface area contributed by atoms with Crippen LogP contribution in [0.25, 0.3) is 11.4 Å². The van der Waals surface area contributed by atoms with Gasteiger partial charge >= 0.3 is 6.18 Å². The summed E-state index contributed by atoms with van der Waals surface area (Å²) in [5.41, 5.74) is 0.137. The van der Waals surface area contributed by atoms with Gasteiger partial charge in [0.2, 0.25) is 17.6 Å². The first kappa shape index (κ1) is 18.4. The maximum absolute atomic E-state index is 12.5. The van der Waals surface area contributed by atoms with E-state index in [9.17, 15) is 18.0 Å². The lowest BCUT2D eigenvalue weighted by atomic mass is 10.2. The Morgan fingerprint density at radius 1 is 1.11 bits per heavy atom. The van der Waals surface area contributed by atoms with Gasteiger partial charge in [0.1, 0.15) is 12.2 Å². The monoisotopic (exact) mass is 377 g/mol. The zero-order chi connectivity index (χ0) is 19.4. The lowest BCUT2D eigenvalue weighted by Crippen LogP contribution is -2.15. The first-order valence-corrected chi connectivity index (χ1v) is 7.79. The Morgan fingerprint density at radius 2 is 1.78 bits per heavy atom. The second-order valence-electron chi connectivity index (χ2n) is 5.54. The van der Waals surface area contributed by atoms with E-state index >= 15 is 0 Å². The molecule has 0 radical (unpaired) electrons. The molecule has 0 aliphatic rings. The minimum atomic E-state index is -4.43. The summed E-state index contributed by atoms with van der Waals surface area (Å²) in [7, 11) is 1.55. The molecule has 0 atom stereocenters. The molecule has 0 spiro atoms. The number of ether oxygens (including phenoxy) is 1. The zero-order valence-electron chi connectivity index (χ0n) is 14.1.